The highest BCUT2D eigenvalue weighted by atomic mass is 35.5. The first-order chi connectivity index (χ1) is 18.4. The van der Waals surface area contributed by atoms with E-state index in [4.69, 9.17) is 27.9 Å². The summed E-state index contributed by atoms with van der Waals surface area (Å²) < 4.78 is 22.0. The van der Waals surface area contributed by atoms with Crippen LogP contribution >= 0.6 is 23.2 Å². The van der Waals surface area contributed by atoms with E-state index in [2.05, 4.69) is 26.0 Å². The summed E-state index contributed by atoms with van der Waals surface area (Å²) in [5.74, 6) is -0.295. The minimum Gasteiger partial charge on any atom is -0.457 e. The first-order valence-corrected chi connectivity index (χ1v) is 12.5. The predicted molar refractivity (Wildman–Crippen MR) is 149 cm³/mol. The van der Waals surface area contributed by atoms with Crippen LogP contribution in [0.4, 0.5) is 20.7 Å². The first kappa shape index (κ1) is 27.9. The molecule has 0 aliphatic carbocycles. The molecule has 3 N–H and O–H groups in total. The minimum absolute atomic E-state index is 0.0720. The Morgan fingerprint density at radius 1 is 0.949 bits per heavy atom. The number of aromatic nitrogens is 3. The monoisotopic (exact) mass is 570 g/mol. The van der Waals surface area contributed by atoms with E-state index in [0.717, 1.165) is 6.07 Å². The SMILES string of the molecule is CNC(=O)c1cc(Oc2ccc(NC(=O)Nc3cc(C(C)(C)C)nn3-c3ccc(Cl)c(Cl)c3)c(F)c2)ccn1. The van der Waals surface area contributed by atoms with Gasteiger partial charge < -0.3 is 15.4 Å². The van der Waals surface area contributed by atoms with Crippen molar-refractivity contribution < 1.29 is 18.7 Å². The van der Waals surface area contributed by atoms with Crippen molar-refractivity contribution in [2.45, 2.75) is 26.2 Å². The zero-order valence-electron chi connectivity index (χ0n) is 21.5. The number of halogens is 3. The van der Waals surface area contributed by atoms with Gasteiger partial charge >= 0.3 is 6.03 Å². The molecule has 4 aromatic rings. The van der Waals surface area contributed by atoms with Gasteiger partial charge in [0.25, 0.3) is 5.91 Å². The van der Waals surface area contributed by atoms with Crippen LogP contribution in [0.25, 0.3) is 5.69 Å². The fraction of sp³-hybridized carbons (Fsp3) is 0.185. The largest absolute Gasteiger partial charge is 0.457 e. The Labute approximate surface area is 234 Å². The van der Waals surface area contributed by atoms with Crippen LogP contribution in [0.5, 0.6) is 11.5 Å². The minimum atomic E-state index is -0.725. The number of carbonyl (C=O) groups is 2. The van der Waals surface area contributed by atoms with Gasteiger partial charge in [-0.25, -0.2) is 13.9 Å². The molecule has 2 aromatic heterocycles. The van der Waals surface area contributed by atoms with Crippen molar-refractivity contribution in [3.8, 4) is 17.2 Å². The molecule has 4 rings (SSSR count). The standard InChI is InChI=1S/C27H25Cl2FN6O3/c1-27(2,3)23-14-24(36(35-23)15-5-7-18(28)19(29)11-15)34-26(38)33-21-8-6-16(12-20(21)30)39-17-9-10-32-22(13-17)25(37)31-4/h5-14H,1-4H3,(H,31,37)(H2,33,34,38). The summed E-state index contributed by atoms with van der Waals surface area (Å²) in [6.07, 6.45) is 1.41. The van der Waals surface area contributed by atoms with Gasteiger partial charge in [0.05, 0.1) is 27.1 Å². The first-order valence-electron chi connectivity index (χ1n) is 11.7. The molecule has 0 saturated heterocycles. The molecule has 0 fully saturated rings. The number of rotatable bonds is 6. The molecule has 0 aliphatic heterocycles. The van der Waals surface area contributed by atoms with E-state index in [-0.39, 0.29) is 28.5 Å². The van der Waals surface area contributed by atoms with E-state index < -0.39 is 11.8 Å². The average Bonchev–Trinajstić information content (AvgIpc) is 3.31. The summed E-state index contributed by atoms with van der Waals surface area (Å²) in [5, 5.41) is 13.0. The van der Waals surface area contributed by atoms with Crippen LogP contribution in [0, 0.1) is 5.82 Å². The van der Waals surface area contributed by atoms with Gasteiger partial charge in [0.15, 0.2) is 0 Å². The van der Waals surface area contributed by atoms with E-state index >= 15 is 0 Å². The zero-order valence-corrected chi connectivity index (χ0v) is 23.0. The summed E-state index contributed by atoms with van der Waals surface area (Å²) in [4.78, 5) is 28.6. The van der Waals surface area contributed by atoms with Crippen molar-refractivity contribution in [3.63, 3.8) is 0 Å². The normalized spacial score (nSPS) is 11.2. The summed E-state index contributed by atoms with van der Waals surface area (Å²) in [7, 11) is 1.49. The van der Waals surface area contributed by atoms with Crippen molar-refractivity contribution in [3.05, 3.63) is 88.0 Å². The van der Waals surface area contributed by atoms with Crippen LogP contribution in [0.2, 0.25) is 10.0 Å². The highest BCUT2D eigenvalue weighted by Crippen LogP contribution is 2.30. The molecule has 202 valence electrons. The summed E-state index contributed by atoms with van der Waals surface area (Å²) >= 11 is 12.2. The molecule has 0 atom stereocenters. The number of nitrogens with one attached hydrogen (secondary N) is 3. The molecule has 0 aliphatic rings. The van der Waals surface area contributed by atoms with Crippen molar-refractivity contribution in [1.82, 2.24) is 20.1 Å². The summed E-state index contributed by atoms with van der Waals surface area (Å²) in [6.45, 7) is 5.97. The maximum Gasteiger partial charge on any atom is 0.324 e. The number of hydrogen-bond acceptors (Lipinski definition) is 5. The lowest BCUT2D eigenvalue weighted by Gasteiger charge is -2.14. The molecule has 0 unspecified atom stereocenters. The molecule has 12 heteroatoms. The van der Waals surface area contributed by atoms with Crippen molar-refractivity contribution in [1.29, 1.82) is 0 Å². The van der Waals surface area contributed by atoms with Crippen LogP contribution in [0.15, 0.2) is 60.8 Å². The third-order valence-electron chi connectivity index (χ3n) is 5.48. The van der Waals surface area contributed by atoms with Crippen LogP contribution in [-0.4, -0.2) is 33.8 Å². The second kappa shape index (κ2) is 11.3. The van der Waals surface area contributed by atoms with Gasteiger partial charge in [-0.2, -0.15) is 5.10 Å². The Balaban J connectivity index is 1.52. The Kier molecular flexibility index (Phi) is 8.08. The highest BCUT2D eigenvalue weighted by Gasteiger charge is 2.22. The number of hydrogen-bond donors (Lipinski definition) is 3. The third-order valence-corrected chi connectivity index (χ3v) is 6.22. The predicted octanol–water partition coefficient (Wildman–Crippen LogP) is 6.81. The van der Waals surface area contributed by atoms with Gasteiger partial charge in [0.2, 0.25) is 0 Å². The van der Waals surface area contributed by atoms with E-state index in [9.17, 15) is 14.0 Å². The van der Waals surface area contributed by atoms with Crippen molar-refractivity contribution >= 4 is 46.6 Å². The Morgan fingerprint density at radius 3 is 2.36 bits per heavy atom. The van der Waals surface area contributed by atoms with Crippen LogP contribution < -0.4 is 20.7 Å². The molecule has 3 amide bonds. The zero-order chi connectivity index (χ0) is 28.3. The van der Waals surface area contributed by atoms with E-state index in [0.29, 0.717) is 33.0 Å². The Bertz CT molecular complexity index is 1550. The number of nitrogens with zero attached hydrogens (tertiary/aromatic N) is 3. The molecule has 0 bridgehead atoms. The number of anilines is 2. The number of pyridine rings is 1. The van der Waals surface area contributed by atoms with Gasteiger partial charge in [-0.3, -0.25) is 15.1 Å². The molecule has 0 radical (unpaired) electrons. The number of urea groups is 1. The number of carbonyl (C=O) groups excluding carboxylic acids is 2. The number of amides is 3. The molecular formula is C27H25Cl2FN6O3. The summed E-state index contributed by atoms with van der Waals surface area (Å²) in [5.41, 5.74) is 1.06. The lowest BCUT2D eigenvalue weighted by atomic mass is 9.92. The molecule has 0 spiro atoms. The Morgan fingerprint density at radius 2 is 1.69 bits per heavy atom. The molecular weight excluding hydrogens is 546 g/mol. The smallest absolute Gasteiger partial charge is 0.324 e. The molecule has 2 heterocycles. The van der Waals surface area contributed by atoms with Gasteiger partial charge in [0.1, 0.15) is 28.8 Å². The maximum absolute atomic E-state index is 14.9. The molecule has 0 saturated carbocycles. The van der Waals surface area contributed by atoms with Gasteiger partial charge in [-0.15, -0.1) is 0 Å². The van der Waals surface area contributed by atoms with Crippen molar-refractivity contribution in [2.24, 2.45) is 0 Å². The summed E-state index contributed by atoms with van der Waals surface area (Å²) in [6, 6.07) is 13.0. The fourth-order valence-electron chi connectivity index (χ4n) is 3.44. The van der Waals surface area contributed by atoms with Gasteiger partial charge in [0, 0.05) is 36.9 Å². The topological polar surface area (TPSA) is 110 Å². The van der Waals surface area contributed by atoms with Crippen LogP contribution in [-0.2, 0) is 5.41 Å². The highest BCUT2D eigenvalue weighted by molar-refractivity contribution is 6.42. The van der Waals surface area contributed by atoms with Crippen LogP contribution in [0.3, 0.4) is 0 Å². The maximum atomic E-state index is 14.9. The third kappa shape index (κ3) is 6.65. The van der Waals surface area contributed by atoms with Crippen LogP contribution in [0.1, 0.15) is 37.0 Å². The average molecular weight is 571 g/mol. The Hall–Kier alpha value is -4.15. The number of benzene rings is 2. The second-order valence-electron chi connectivity index (χ2n) is 9.45. The van der Waals surface area contributed by atoms with E-state index in [1.165, 1.54) is 42.2 Å². The number of ether oxygens (including phenoxy) is 1. The fourth-order valence-corrected chi connectivity index (χ4v) is 3.74. The second-order valence-corrected chi connectivity index (χ2v) is 10.3. The lowest BCUT2D eigenvalue weighted by Crippen LogP contribution is -2.22. The lowest BCUT2D eigenvalue weighted by molar-refractivity contribution is 0.0957. The molecule has 39 heavy (non-hydrogen) atoms. The quantitative estimate of drug-likeness (QED) is 0.236. The van der Waals surface area contributed by atoms with E-state index in [1.807, 2.05) is 20.8 Å². The van der Waals surface area contributed by atoms with E-state index in [1.54, 1.807) is 24.3 Å². The van der Waals surface area contributed by atoms with Gasteiger partial charge in [-0.1, -0.05) is 44.0 Å². The molecule has 2 aromatic carbocycles. The van der Waals surface area contributed by atoms with Crippen molar-refractivity contribution in [2.75, 3.05) is 17.7 Å². The van der Waals surface area contributed by atoms with Gasteiger partial charge in [-0.05, 0) is 36.4 Å². The molecule has 9 nitrogen and oxygen atoms in total.